The van der Waals surface area contributed by atoms with Gasteiger partial charge in [0.25, 0.3) is 6.01 Å². The zero-order chi connectivity index (χ0) is 23.5. The maximum Gasteiger partial charge on any atom is 0.490 e. The molecule has 1 amide bonds. The van der Waals surface area contributed by atoms with Crippen LogP contribution in [-0.2, 0) is 9.59 Å². The summed E-state index contributed by atoms with van der Waals surface area (Å²) in [5.41, 5.74) is 7.00. The summed E-state index contributed by atoms with van der Waals surface area (Å²) in [5, 5.41) is 7.80. The van der Waals surface area contributed by atoms with Crippen LogP contribution in [0.2, 0.25) is 5.02 Å². The first-order valence-corrected chi connectivity index (χ1v) is 10.5. The minimum Gasteiger partial charge on any atom is -0.475 e. The van der Waals surface area contributed by atoms with Gasteiger partial charge in [-0.2, -0.15) is 18.2 Å². The number of carbonyl (C=O) groups is 2. The number of hydrogen-bond acceptors (Lipinski definition) is 6. The molecular formula is C20H24ClF3N4O4. The highest BCUT2D eigenvalue weighted by atomic mass is 35.5. The fourth-order valence-corrected chi connectivity index (χ4v) is 4.09. The number of oxazole rings is 1. The van der Waals surface area contributed by atoms with Gasteiger partial charge in [0.1, 0.15) is 5.52 Å². The van der Waals surface area contributed by atoms with Crippen molar-refractivity contribution >= 4 is 40.6 Å². The summed E-state index contributed by atoms with van der Waals surface area (Å²) in [6.07, 6.45) is -1.96. The van der Waals surface area contributed by atoms with Crippen LogP contribution in [0.4, 0.5) is 19.2 Å². The van der Waals surface area contributed by atoms with Crippen molar-refractivity contribution in [2.45, 2.75) is 25.4 Å². The Bertz CT molecular complexity index is 960. The fourth-order valence-electron chi connectivity index (χ4n) is 3.93. The SMILES string of the molecule is NC(=O)C1CCN(CC2CCN(c3nc4cc(Cl)ccc4o3)CC2)C1.O=C(O)C(F)(F)F. The highest BCUT2D eigenvalue weighted by molar-refractivity contribution is 6.31. The molecule has 176 valence electrons. The second-order valence-electron chi connectivity index (χ2n) is 7.99. The van der Waals surface area contributed by atoms with Crippen LogP contribution in [-0.4, -0.2) is 65.8 Å². The molecule has 12 heteroatoms. The van der Waals surface area contributed by atoms with Crippen LogP contribution in [0.25, 0.3) is 11.1 Å². The van der Waals surface area contributed by atoms with E-state index in [1.807, 2.05) is 18.2 Å². The maximum absolute atomic E-state index is 11.3. The van der Waals surface area contributed by atoms with Crippen LogP contribution >= 0.6 is 11.6 Å². The van der Waals surface area contributed by atoms with Crippen molar-refractivity contribution in [1.82, 2.24) is 9.88 Å². The van der Waals surface area contributed by atoms with Crippen molar-refractivity contribution in [2.24, 2.45) is 17.6 Å². The van der Waals surface area contributed by atoms with Gasteiger partial charge in [-0.3, -0.25) is 4.79 Å². The van der Waals surface area contributed by atoms with E-state index in [9.17, 15) is 18.0 Å². The molecule has 2 saturated heterocycles. The highest BCUT2D eigenvalue weighted by Gasteiger charge is 2.38. The Kier molecular flexibility index (Phi) is 7.50. The summed E-state index contributed by atoms with van der Waals surface area (Å²) < 4.78 is 37.6. The number of piperidine rings is 1. The van der Waals surface area contributed by atoms with Crippen LogP contribution in [0.3, 0.4) is 0 Å². The van der Waals surface area contributed by atoms with E-state index in [0.717, 1.165) is 63.1 Å². The van der Waals surface area contributed by atoms with Crippen LogP contribution in [0.5, 0.6) is 0 Å². The number of carbonyl (C=O) groups excluding carboxylic acids is 1. The van der Waals surface area contributed by atoms with Gasteiger partial charge in [0, 0.05) is 31.2 Å². The lowest BCUT2D eigenvalue weighted by molar-refractivity contribution is -0.192. The van der Waals surface area contributed by atoms with Crippen LogP contribution < -0.4 is 10.6 Å². The molecule has 2 aliphatic rings. The number of anilines is 1. The Morgan fingerprint density at radius 3 is 2.44 bits per heavy atom. The smallest absolute Gasteiger partial charge is 0.475 e. The lowest BCUT2D eigenvalue weighted by atomic mass is 9.96. The van der Waals surface area contributed by atoms with Crippen molar-refractivity contribution in [3.63, 3.8) is 0 Å². The molecule has 2 aromatic rings. The summed E-state index contributed by atoms with van der Waals surface area (Å²) >= 11 is 6.01. The first-order valence-electron chi connectivity index (χ1n) is 10.2. The number of primary amides is 1. The number of fused-ring (bicyclic) bond motifs is 1. The molecule has 3 heterocycles. The van der Waals surface area contributed by atoms with Gasteiger partial charge in [0.05, 0.1) is 5.92 Å². The summed E-state index contributed by atoms with van der Waals surface area (Å²) in [5.74, 6) is -2.23. The zero-order valence-corrected chi connectivity index (χ0v) is 17.9. The van der Waals surface area contributed by atoms with Crippen LogP contribution in [0, 0.1) is 11.8 Å². The second-order valence-corrected chi connectivity index (χ2v) is 8.43. The second kappa shape index (κ2) is 9.95. The minimum absolute atomic E-state index is 0.0339. The van der Waals surface area contributed by atoms with Crippen molar-refractivity contribution in [3.05, 3.63) is 23.2 Å². The predicted molar refractivity (Wildman–Crippen MR) is 111 cm³/mol. The van der Waals surface area contributed by atoms with E-state index < -0.39 is 12.1 Å². The number of likely N-dealkylation sites (tertiary alicyclic amines) is 1. The largest absolute Gasteiger partial charge is 0.490 e. The van der Waals surface area contributed by atoms with Crippen molar-refractivity contribution < 1.29 is 32.3 Å². The van der Waals surface area contributed by atoms with Crippen molar-refractivity contribution in [2.75, 3.05) is 37.6 Å². The summed E-state index contributed by atoms with van der Waals surface area (Å²) in [7, 11) is 0. The molecule has 1 unspecified atom stereocenters. The van der Waals surface area contributed by atoms with Crippen LogP contribution in [0.15, 0.2) is 22.6 Å². The quantitative estimate of drug-likeness (QED) is 0.697. The van der Waals surface area contributed by atoms with Gasteiger partial charge in [0.2, 0.25) is 5.91 Å². The summed E-state index contributed by atoms with van der Waals surface area (Å²) in [4.78, 5) is 29.4. The van der Waals surface area contributed by atoms with Gasteiger partial charge in [-0.15, -0.1) is 0 Å². The molecule has 32 heavy (non-hydrogen) atoms. The number of alkyl halides is 3. The Balaban J connectivity index is 0.000000360. The number of benzene rings is 1. The van der Waals surface area contributed by atoms with Crippen LogP contribution in [0.1, 0.15) is 19.3 Å². The molecule has 1 aromatic heterocycles. The van der Waals surface area contributed by atoms with Gasteiger partial charge in [-0.25, -0.2) is 4.79 Å². The Hall–Kier alpha value is -2.53. The highest BCUT2D eigenvalue weighted by Crippen LogP contribution is 2.29. The molecule has 0 bridgehead atoms. The van der Waals surface area contributed by atoms with E-state index >= 15 is 0 Å². The van der Waals surface area contributed by atoms with E-state index in [0.29, 0.717) is 17.0 Å². The molecule has 0 spiro atoms. The first-order chi connectivity index (χ1) is 15.0. The molecule has 2 aliphatic heterocycles. The third kappa shape index (κ3) is 6.26. The number of amides is 1. The van der Waals surface area contributed by atoms with E-state index in [4.69, 9.17) is 31.7 Å². The lowest BCUT2D eigenvalue weighted by Crippen LogP contribution is -2.38. The standard InChI is InChI=1S/C18H23ClN4O2.C2HF3O2/c19-14-1-2-16-15(9-14)21-18(25-16)23-7-3-12(4-8-23)10-22-6-5-13(11-22)17(20)24;3-2(4,5)1(6)7/h1-2,9,12-13H,3-8,10-11H2,(H2,20,24);(H,6,7). The molecule has 3 N–H and O–H groups in total. The average molecular weight is 477 g/mol. The number of nitrogens with two attached hydrogens (primary N) is 1. The minimum atomic E-state index is -5.08. The van der Waals surface area contributed by atoms with E-state index in [2.05, 4.69) is 14.8 Å². The van der Waals surface area contributed by atoms with Gasteiger partial charge in [0.15, 0.2) is 5.58 Å². The van der Waals surface area contributed by atoms with Gasteiger partial charge in [-0.05, 0) is 49.9 Å². The molecule has 0 saturated carbocycles. The number of rotatable bonds is 4. The molecule has 0 radical (unpaired) electrons. The fraction of sp³-hybridized carbons (Fsp3) is 0.550. The molecular weight excluding hydrogens is 453 g/mol. The average Bonchev–Trinajstić information content (AvgIpc) is 3.35. The number of aliphatic carboxylic acids is 1. The number of carboxylic acids is 1. The van der Waals surface area contributed by atoms with Gasteiger partial charge >= 0.3 is 12.1 Å². The summed E-state index contributed by atoms with van der Waals surface area (Å²) in [6.45, 7) is 4.75. The maximum atomic E-state index is 11.3. The molecule has 1 atom stereocenters. The number of halogens is 4. The van der Waals surface area contributed by atoms with E-state index in [-0.39, 0.29) is 11.8 Å². The summed E-state index contributed by atoms with van der Waals surface area (Å²) in [6, 6.07) is 6.20. The third-order valence-corrected chi connectivity index (χ3v) is 5.89. The molecule has 0 aliphatic carbocycles. The number of hydrogen-bond donors (Lipinski definition) is 2. The Morgan fingerprint density at radius 1 is 1.22 bits per heavy atom. The van der Waals surface area contributed by atoms with E-state index in [1.165, 1.54) is 0 Å². The molecule has 1 aromatic carbocycles. The Labute approximate surface area is 187 Å². The molecule has 2 fully saturated rings. The normalized spacial score (nSPS) is 20.2. The van der Waals surface area contributed by atoms with Crippen molar-refractivity contribution in [1.29, 1.82) is 0 Å². The van der Waals surface area contributed by atoms with Gasteiger partial charge in [-0.1, -0.05) is 11.6 Å². The molecule has 4 rings (SSSR count). The first kappa shape index (κ1) is 24.1. The zero-order valence-electron chi connectivity index (χ0n) is 17.1. The Morgan fingerprint density at radius 2 is 1.88 bits per heavy atom. The monoisotopic (exact) mass is 476 g/mol. The van der Waals surface area contributed by atoms with E-state index in [1.54, 1.807) is 0 Å². The topological polar surface area (TPSA) is 113 Å². The number of nitrogens with zero attached hydrogens (tertiary/aromatic N) is 3. The third-order valence-electron chi connectivity index (χ3n) is 5.66. The lowest BCUT2D eigenvalue weighted by Gasteiger charge is -2.33. The molecule has 8 nitrogen and oxygen atoms in total. The number of carboxylic acid groups (broad SMARTS) is 1. The predicted octanol–water partition coefficient (Wildman–Crippen LogP) is 3.14. The van der Waals surface area contributed by atoms with Crippen molar-refractivity contribution in [3.8, 4) is 0 Å². The number of aromatic nitrogens is 1. The van der Waals surface area contributed by atoms with Gasteiger partial charge < -0.3 is 25.1 Å².